The normalized spacial score (nSPS) is 12.5. The lowest BCUT2D eigenvalue weighted by Crippen LogP contribution is -2.30. The maximum absolute atomic E-state index is 12.9. The smallest absolute Gasteiger partial charge is 0.306 e. The third-order valence-corrected chi connectivity index (χ3v) is 13.2. The van der Waals surface area contributed by atoms with E-state index in [0.29, 0.717) is 19.3 Å². The van der Waals surface area contributed by atoms with Crippen LogP contribution in [0, 0.1) is 0 Å². The molecule has 0 rings (SSSR count). The van der Waals surface area contributed by atoms with Gasteiger partial charge in [0.2, 0.25) is 0 Å². The van der Waals surface area contributed by atoms with E-state index in [1.54, 1.807) is 0 Å². The van der Waals surface area contributed by atoms with Gasteiger partial charge in [-0.3, -0.25) is 14.4 Å². The Morgan fingerprint density at radius 3 is 0.873 bits per heavy atom. The number of allylic oxidation sites excluding steroid dienone is 12. The lowest BCUT2D eigenvalue weighted by atomic mass is 10.1. The average Bonchev–Trinajstić information content (AvgIpc) is 3.37. The van der Waals surface area contributed by atoms with Crippen LogP contribution in [0.1, 0.15) is 303 Å². The van der Waals surface area contributed by atoms with Crippen molar-refractivity contribution in [2.45, 2.75) is 309 Å². The zero-order valence-corrected chi connectivity index (χ0v) is 47.0. The summed E-state index contributed by atoms with van der Waals surface area (Å²) in [4.78, 5) is 38.3. The molecular formula is C65H114O6. The minimum atomic E-state index is -0.789. The second-order valence-corrected chi connectivity index (χ2v) is 20.2. The second kappa shape index (κ2) is 59.4. The van der Waals surface area contributed by atoms with E-state index in [-0.39, 0.29) is 31.1 Å². The molecule has 0 aromatic heterocycles. The Bertz CT molecular complexity index is 1320. The van der Waals surface area contributed by atoms with Gasteiger partial charge in [0.25, 0.3) is 0 Å². The number of esters is 3. The molecule has 0 radical (unpaired) electrons. The van der Waals surface area contributed by atoms with Gasteiger partial charge in [0.05, 0.1) is 0 Å². The topological polar surface area (TPSA) is 78.9 Å². The van der Waals surface area contributed by atoms with Gasteiger partial charge in [-0.05, 0) is 109 Å². The Kier molecular flexibility index (Phi) is 56.8. The molecule has 1 atom stereocenters. The number of carbonyl (C=O) groups is 3. The molecule has 0 heterocycles. The van der Waals surface area contributed by atoms with Gasteiger partial charge in [-0.2, -0.15) is 0 Å². The van der Waals surface area contributed by atoms with Crippen molar-refractivity contribution in [3.05, 3.63) is 72.9 Å². The standard InChI is InChI=1S/C65H114O6/c1-4-7-10-13-16-19-22-25-28-31-32-35-38-41-44-47-50-53-56-59-65(68)71-62(60-69-63(66)57-54-51-48-45-42-39-36-33-29-26-23-20-17-14-11-8-5-2)61-70-64(67)58-55-52-49-46-43-40-37-34-30-27-24-21-18-15-12-9-6-3/h8,11,17,20,25-30,36,39,62H,4-7,9-10,12-16,18-19,21-24,31-35,37-38,40-61H2,1-3H3/b11-8-,20-17-,28-25-,29-26-,30-27-,39-36-/t62-/m1/s1. The molecule has 0 unspecified atom stereocenters. The van der Waals surface area contributed by atoms with Gasteiger partial charge in [-0.25, -0.2) is 0 Å². The van der Waals surface area contributed by atoms with Crippen molar-refractivity contribution in [2.75, 3.05) is 13.2 Å². The van der Waals surface area contributed by atoms with Crippen molar-refractivity contribution in [3.63, 3.8) is 0 Å². The zero-order valence-electron chi connectivity index (χ0n) is 47.0. The lowest BCUT2D eigenvalue weighted by molar-refractivity contribution is -0.167. The molecule has 0 N–H and O–H groups in total. The summed E-state index contributed by atoms with van der Waals surface area (Å²) in [7, 11) is 0. The van der Waals surface area contributed by atoms with Gasteiger partial charge in [-0.1, -0.05) is 248 Å². The summed E-state index contributed by atoms with van der Waals surface area (Å²) >= 11 is 0. The Morgan fingerprint density at radius 1 is 0.296 bits per heavy atom. The highest BCUT2D eigenvalue weighted by atomic mass is 16.6. The van der Waals surface area contributed by atoms with E-state index >= 15 is 0 Å². The van der Waals surface area contributed by atoms with Gasteiger partial charge in [0.15, 0.2) is 6.10 Å². The number of hydrogen-bond donors (Lipinski definition) is 0. The van der Waals surface area contributed by atoms with E-state index < -0.39 is 6.10 Å². The fourth-order valence-electron chi connectivity index (χ4n) is 8.60. The van der Waals surface area contributed by atoms with Crippen molar-refractivity contribution in [3.8, 4) is 0 Å². The Morgan fingerprint density at radius 2 is 0.549 bits per heavy atom. The third kappa shape index (κ3) is 57.6. The van der Waals surface area contributed by atoms with Crippen LogP contribution < -0.4 is 0 Å². The quantitative estimate of drug-likeness (QED) is 0.0261. The van der Waals surface area contributed by atoms with E-state index in [1.165, 1.54) is 167 Å². The highest BCUT2D eigenvalue weighted by molar-refractivity contribution is 5.71. The summed E-state index contributed by atoms with van der Waals surface area (Å²) in [6, 6.07) is 0. The zero-order chi connectivity index (χ0) is 51.4. The first-order valence-corrected chi connectivity index (χ1v) is 30.4. The van der Waals surface area contributed by atoms with Crippen molar-refractivity contribution in [1.29, 1.82) is 0 Å². The van der Waals surface area contributed by atoms with Crippen LogP contribution in [0.3, 0.4) is 0 Å². The van der Waals surface area contributed by atoms with Crippen molar-refractivity contribution in [1.82, 2.24) is 0 Å². The fraction of sp³-hybridized carbons (Fsp3) is 0.769. The molecule has 0 bridgehead atoms. The van der Waals surface area contributed by atoms with E-state index in [0.717, 1.165) is 96.3 Å². The molecule has 0 saturated carbocycles. The molecule has 0 saturated heterocycles. The van der Waals surface area contributed by atoms with Crippen LogP contribution in [-0.4, -0.2) is 37.2 Å². The maximum atomic E-state index is 12.9. The van der Waals surface area contributed by atoms with Crippen molar-refractivity contribution < 1.29 is 28.6 Å². The first-order valence-electron chi connectivity index (χ1n) is 30.4. The molecule has 71 heavy (non-hydrogen) atoms. The van der Waals surface area contributed by atoms with Gasteiger partial charge < -0.3 is 14.2 Å². The van der Waals surface area contributed by atoms with E-state index in [2.05, 4.69) is 93.7 Å². The van der Waals surface area contributed by atoms with Crippen LogP contribution in [0.4, 0.5) is 0 Å². The number of carbonyl (C=O) groups excluding carboxylic acids is 3. The fourth-order valence-corrected chi connectivity index (χ4v) is 8.60. The van der Waals surface area contributed by atoms with Crippen LogP contribution in [0.5, 0.6) is 0 Å². The number of unbranched alkanes of at least 4 members (excludes halogenated alkanes) is 32. The molecule has 410 valence electrons. The molecule has 6 nitrogen and oxygen atoms in total. The first-order chi connectivity index (χ1) is 35.0. The highest BCUT2D eigenvalue weighted by Gasteiger charge is 2.19. The Hall–Kier alpha value is -3.15. The molecule has 0 aliphatic heterocycles. The molecule has 0 spiro atoms. The molecule has 0 aliphatic carbocycles. The predicted molar refractivity (Wildman–Crippen MR) is 307 cm³/mol. The SMILES string of the molecule is CC/C=C\C/C=C\C/C=C\C/C=C\CCCCCCC(=O)OC[C@H](COC(=O)CCCCCCCCC/C=C\CCCCCCCC)OC(=O)CCCCCCCCCCC/C=C\CCCCCCCC. The maximum Gasteiger partial charge on any atom is 0.306 e. The third-order valence-electron chi connectivity index (χ3n) is 13.2. The van der Waals surface area contributed by atoms with Gasteiger partial charge in [0, 0.05) is 19.3 Å². The Balaban J connectivity index is 4.41. The van der Waals surface area contributed by atoms with Gasteiger partial charge in [-0.15, -0.1) is 0 Å². The summed E-state index contributed by atoms with van der Waals surface area (Å²) in [6.07, 6.45) is 76.1. The van der Waals surface area contributed by atoms with Crippen LogP contribution in [0.25, 0.3) is 0 Å². The lowest BCUT2D eigenvalue weighted by Gasteiger charge is -2.18. The molecule has 0 aromatic rings. The molecule has 0 aliphatic rings. The van der Waals surface area contributed by atoms with E-state index in [1.807, 2.05) is 0 Å². The van der Waals surface area contributed by atoms with Crippen molar-refractivity contribution in [2.24, 2.45) is 0 Å². The highest BCUT2D eigenvalue weighted by Crippen LogP contribution is 2.16. The summed E-state index contributed by atoms with van der Waals surface area (Å²) in [5, 5.41) is 0. The summed E-state index contributed by atoms with van der Waals surface area (Å²) < 4.78 is 16.9. The monoisotopic (exact) mass is 991 g/mol. The Labute approximate surface area is 440 Å². The minimum absolute atomic E-state index is 0.0853. The molecule has 0 fully saturated rings. The van der Waals surface area contributed by atoms with Crippen LogP contribution in [0.15, 0.2) is 72.9 Å². The molecule has 0 amide bonds. The van der Waals surface area contributed by atoms with Crippen LogP contribution >= 0.6 is 0 Å². The van der Waals surface area contributed by atoms with E-state index in [9.17, 15) is 14.4 Å². The largest absolute Gasteiger partial charge is 0.462 e. The van der Waals surface area contributed by atoms with Crippen molar-refractivity contribution >= 4 is 17.9 Å². The number of ether oxygens (including phenoxy) is 3. The number of hydrogen-bond acceptors (Lipinski definition) is 6. The van der Waals surface area contributed by atoms with Gasteiger partial charge >= 0.3 is 17.9 Å². The molecule has 0 aromatic carbocycles. The van der Waals surface area contributed by atoms with Crippen LogP contribution in [0.2, 0.25) is 0 Å². The summed E-state index contributed by atoms with van der Waals surface area (Å²) in [6.45, 7) is 6.52. The minimum Gasteiger partial charge on any atom is -0.462 e. The molecular weight excluding hydrogens is 877 g/mol. The summed E-state index contributed by atoms with van der Waals surface area (Å²) in [5.41, 5.74) is 0. The summed E-state index contributed by atoms with van der Waals surface area (Å²) in [5.74, 6) is -0.904. The first kappa shape index (κ1) is 67.8. The molecule has 6 heteroatoms. The van der Waals surface area contributed by atoms with Gasteiger partial charge in [0.1, 0.15) is 13.2 Å². The second-order valence-electron chi connectivity index (χ2n) is 20.2. The average molecular weight is 992 g/mol. The number of rotatable bonds is 55. The predicted octanol–water partition coefficient (Wildman–Crippen LogP) is 20.5. The van der Waals surface area contributed by atoms with Crippen LogP contribution in [-0.2, 0) is 28.6 Å². The van der Waals surface area contributed by atoms with E-state index in [4.69, 9.17) is 14.2 Å².